The first kappa shape index (κ1) is 15.6. The molecule has 1 rings (SSSR count). The van der Waals surface area contributed by atoms with Crippen molar-refractivity contribution in [2.75, 3.05) is 6.61 Å². The third-order valence-corrected chi connectivity index (χ3v) is 4.51. The fourth-order valence-electron chi connectivity index (χ4n) is 1.94. The van der Waals surface area contributed by atoms with Crippen molar-refractivity contribution in [3.8, 4) is 0 Å². The largest absolute Gasteiger partial charge is 0.368 e. The Morgan fingerprint density at radius 2 is 1.83 bits per heavy atom. The lowest BCUT2D eigenvalue weighted by atomic mass is 9.91. The number of thiazole rings is 1. The van der Waals surface area contributed by atoms with Crippen molar-refractivity contribution in [1.82, 2.24) is 4.98 Å². The molecule has 0 saturated heterocycles. The average molecular weight is 270 g/mol. The molecule has 0 saturated carbocycles. The Bertz CT molecular complexity index is 395. The molecular weight excluding hydrogens is 244 g/mol. The molecule has 0 radical (unpaired) electrons. The fraction of sp³-hybridized carbons (Fsp3) is 0.786. The quantitative estimate of drug-likeness (QED) is 0.890. The van der Waals surface area contributed by atoms with Crippen LogP contribution in [-0.2, 0) is 22.3 Å². The van der Waals surface area contributed by atoms with Crippen LogP contribution in [0.15, 0.2) is 0 Å². The third kappa shape index (κ3) is 3.11. The molecule has 104 valence electrons. The molecular formula is C14H26N2OS. The van der Waals surface area contributed by atoms with Crippen molar-refractivity contribution in [3.05, 3.63) is 15.6 Å². The monoisotopic (exact) mass is 270 g/mol. The van der Waals surface area contributed by atoms with Gasteiger partial charge in [0.1, 0.15) is 10.6 Å². The highest BCUT2D eigenvalue weighted by Crippen LogP contribution is 2.37. The number of hydrogen-bond donors (Lipinski definition) is 1. The fourth-order valence-corrected chi connectivity index (χ4v) is 3.26. The molecule has 0 aliphatic carbocycles. The van der Waals surface area contributed by atoms with E-state index in [9.17, 15) is 0 Å². The lowest BCUT2D eigenvalue weighted by Crippen LogP contribution is -2.25. The van der Waals surface area contributed by atoms with E-state index in [2.05, 4.69) is 34.6 Å². The molecule has 0 aliphatic heterocycles. The molecule has 4 heteroatoms. The minimum atomic E-state index is -0.285. The summed E-state index contributed by atoms with van der Waals surface area (Å²) in [5, 5.41) is 1.05. The Kier molecular flexibility index (Phi) is 4.92. The smallest absolute Gasteiger partial charge is 0.125 e. The highest BCUT2D eigenvalue weighted by molar-refractivity contribution is 7.11. The summed E-state index contributed by atoms with van der Waals surface area (Å²) in [5.74, 6) is 0. The van der Waals surface area contributed by atoms with Gasteiger partial charge in [-0.1, -0.05) is 27.7 Å². The number of aromatic nitrogens is 1. The molecule has 1 unspecified atom stereocenters. The zero-order valence-electron chi connectivity index (χ0n) is 12.5. The van der Waals surface area contributed by atoms with Crippen LogP contribution in [0, 0.1) is 0 Å². The van der Waals surface area contributed by atoms with Crippen molar-refractivity contribution in [2.24, 2.45) is 5.73 Å². The minimum Gasteiger partial charge on any atom is -0.368 e. The second kappa shape index (κ2) is 5.68. The Balaban J connectivity index is 3.23. The molecule has 2 N–H and O–H groups in total. The van der Waals surface area contributed by atoms with Gasteiger partial charge in [-0.25, -0.2) is 4.98 Å². The normalized spacial score (nSPS) is 15.7. The SMILES string of the molecule is CCOC(C)(CC)c1nc(C(C)(C)C)c(CN)s1. The van der Waals surface area contributed by atoms with Crippen molar-refractivity contribution < 1.29 is 4.74 Å². The van der Waals surface area contributed by atoms with Gasteiger partial charge in [-0.05, 0) is 20.3 Å². The molecule has 0 aromatic carbocycles. The van der Waals surface area contributed by atoms with E-state index in [1.54, 1.807) is 11.3 Å². The van der Waals surface area contributed by atoms with Gasteiger partial charge in [-0.15, -0.1) is 11.3 Å². The summed E-state index contributed by atoms with van der Waals surface area (Å²) in [6.07, 6.45) is 0.919. The van der Waals surface area contributed by atoms with E-state index in [0.29, 0.717) is 13.2 Å². The lowest BCUT2D eigenvalue weighted by Gasteiger charge is -2.25. The third-order valence-electron chi connectivity index (χ3n) is 3.18. The first-order valence-electron chi connectivity index (χ1n) is 6.63. The van der Waals surface area contributed by atoms with E-state index >= 15 is 0 Å². The Labute approximate surface area is 115 Å². The molecule has 3 nitrogen and oxygen atoms in total. The molecule has 0 fully saturated rings. The highest BCUT2D eigenvalue weighted by atomic mass is 32.1. The number of nitrogens with two attached hydrogens (primary N) is 1. The second-order valence-corrected chi connectivity index (χ2v) is 6.85. The highest BCUT2D eigenvalue weighted by Gasteiger charge is 2.32. The predicted octanol–water partition coefficient (Wildman–Crippen LogP) is 3.56. The van der Waals surface area contributed by atoms with Gasteiger partial charge >= 0.3 is 0 Å². The predicted molar refractivity (Wildman–Crippen MR) is 78.0 cm³/mol. The molecule has 1 heterocycles. The lowest BCUT2D eigenvalue weighted by molar-refractivity contribution is -0.0326. The van der Waals surface area contributed by atoms with Crippen LogP contribution in [0.3, 0.4) is 0 Å². The topological polar surface area (TPSA) is 48.1 Å². The van der Waals surface area contributed by atoms with E-state index in [1.807, 2.05) is 6.92 Å². The van der Waals surface area contributed by atoms with Crippen LogP contribution in [0.1, 0.15) is 63.5 Å². The summed E-state index contributed by atoms with van der Waals surface area (Å²) in [7, 11) is 0. The Morgan fingerprint density at radius 1 is 1.22 bits per heavy atom. The Morgan fingerprint density at radius 3 is 2.17 bits per heavy atom. The van der Waals surface area contributed by atoms with E-state index < -0.39 is 0 Å². The van der Waals surface area contributed by atoms with Crippen LogP contribution in [0.5, 0.6) is 0 Å². The van der Waals surface area contributed by atoms with Gasteiger partial charge in [0.05, 0.1) is 5.69 Å². The van der Waals surface area contributed by atoms with E-state index in [0.717, 1.165) is 17.1 Å². The maximum atomic E-state index is 5.90. The van der Waals surface area contributed by atoms with Gasteiger partial charge in [0.2, 0.25) is 0 Å². The number of rotatable bonds is 5. The Hall–Kier alpha value is -0.450. The summed E-state index contributed by atoms with van der Waals surface area (Å²) in [5.41, 5.74) is 6.71. The minimum absolute atomic E-state index is 0.0321. The van der Waals surface area contributed by atoms with Crippen molar-refractivity contribution in [2.45, 2.75) is 65.5 Å². The zero-order valence-corrected chi connectivity index (χ0v) is 13.3. The summed E-state index contributed by atoms with van der Waals surface area (Å²) in [6, 6.07) is 0. The first-order valence-corrected chi connectivity index (χ1v) is 7.44. The summed E-state index contributed by atoms with van der Waals surface area (Å²) >= 11 is 1.70. The van der Waals surface area contributed by atoms with Crippen molar-refractivity contribution >= 4 is 11.3 Å². The van der Waals surface area contributed by atoms with Crippen LogP contribution < -0.4 is 5.73 Å². The average Bonchev–Trinajstić information content (AvgIpc) is 2.73. The van der Waals surface area contributed by atoms with Crippen LogP contribution in [0.4, 0.5) is 0 Å². The van der Waals surface area contributed by atoms with E-state index in [1.165, 1.54) is 4.88 Å². The molecule has 18 heavy (non-hydrogen) atoms. The number of ether oxygens (including phenoxy) is 1. The summed E-state index contributed by atoms with van der Waals surface area (Å²) in [4.78, 5) is 6.01. The molecule has 0 aliphatic rings. The second-order valence-electron chi connectivity index (χ2n) is 5.76. The zero-order chi connectivity index (χ0) is 14.0. The summed E-state index contributed by atoms with van der Waals surface area (Å²) < 4.78 is 5.90. The molecule has 0 bridgehead atoms. The van der Waals surface area contributed by atoms with Crippen LogP contribution in [0.25, 0.3) is 0 Å². The van der Waals surface area contributed by atoms with Crippen molar-refractivity contribution in [3.63, 3.8) is 0 Å². The number of nitrogens with zero attached hydrogens (tertiary/aromatic N) is 1. The standard InChI is InChI=1S/C14H26N2OS/c1-7-14(6,17-8-2)12-16-11(13(3,4)5)10(9-15)18-12/h7-9,15H2,1-6H3. The van der Waals surface area contributed by atoms with Crippen molar-refractivity contribution in [1.29, 1.82) is 0 Å². The molecule has 0 amide bonds. The van der Waals surface area contributed by atoms with E-state index in [4.69, 9.17) is 15.5 Å². The van der Waals surface area contributed by atoms with Gasteiger partial charge < -0.3 is 10.5 Å². The van der Waals surface area contributed by atoms with Gasteiger partial charge in [0, 0.05) is 23.4 Å². The van der Waals surface area contributed by atoms with Crippen LogP contribution in [-0.4, -0.2) is 11.6 Å². The van der Waals surface area contributed by atoms with E-state index in [-0.39, 0.29) is 11.0 Å². The van der Waals surface area contributed by atoms with Crippen LogP contribution in [0.2, 0.25) is 0 Å². The first-order chi connectivity index (χ1) is 8.28. The van der Waals surface area contributed by atoms with Gasteiger partial charge in [-0.3, -0.25) is 0 Å². The molecule has 1 aromatic rings. The molecule has 1 atom stereocenters. The maximum absolute atomic E-state index is 5.90. The van der Waals surface area contributed by atoms with Gasteiger partial charge in [0.15, 0.2) is 0 Å². The summed E-state index contributed by atoms with van der Waals surface area (Å²) in [6.45, 7) is 14.1. The molecule has 1 aromatic heterocycles. The van der Waals surface area contributed by atoms with Gasteiger partial charge in [0.25, 0.3) is 0 Å². The molecule has 0 spiro atoms. The maximum Gasteiger partial charge on any atom is 0.125 e. The number of hydrogen-bond acceptors (Lipinski definition) is 4. The van der Waals surface area contributed by atoms with Gasteiger partial charge in [-0.2, -0.15) is 0 Å². The van der Waals surface area contributed by atoms with Crippen LogP contribution >= 0.6 is 11.3 Å².